The average molecular weight is 313 g/mol. The highest BCUT2D eigenvalue weighted by Crippen LogP contribution is 2.26. The number of nitrogens with zero attached hydrogens (tertiary/aromatic N) is 1. The molecule has 24 heavy (non-hydrogen) atoms. The number of fused-ring (bicyclic) bond motifs is 1. The van der Waals surface area contributed by atoms with E-state index < -0.39 is 0 Å². The molecule has 3 aromatic carbocycles. The van der Waals surface area contributed by atoms with Gasteiger partial charge >= 0.3 is 0 Å². The van der Waals surface area contributed by atoms with Crippen molar-refractivity contribution in [3.63, 3.8) is 0 Å². The van der Waals surface area contributed by atoms with Crippen molar-refractivity contribution in [1.82, 2.24) is 0 Å². The number of hydrogen-bond acceptors (Lipinski definition) is 1. The molecule has 0 aromatic heterocycles. The summed E-state index contributed by atoms with van der Waals surface area (Å²) in [6, 6.07) is 23.4. The Kier molecular flexibility index (Phi) is 5.29. The lowest BCUT2D eigenvalue weighted by Crippen LogP contribution is -1.87. The summed E-state index contributed by atoms with van der Waals surface area (Å²) in [4.78, 5) is 0. The molecule has 0 aliphatic rings. The summed E-state index contributed by atoms with van der Waals surface area (Å²) < 4.78 is 0. The van der Waals surface area contributed by atoms with E-state index in [1.807, 2.05) is 24.3 Å². The SMILES string of the molecule is CCCCCCc1ccc2cc(-c3ccc(C#N)cc3)ccc2c1. The van der Waals surface area contributed by atoms with Crippen LogP contribution in [-0.2, 0) is 6.42 Å². The number of benzene rings is 3. The van der Waals surface area contributed by atoms with Crippen LogP contribution < -0.4 is 0 Å². The third-order valence-electron chi connectivity index (χ3n) is 4.57. The molecule has 1 nitrogen and oxygen atoms in total. The molecule has 0 saturated carbocycles. The number of unbranched alkanes of at least 4 members (excludes halogenated alkanes) is 3. The maximum atomic E-state index is 8.91. The lowest BCUT2D eigenvalue weighted by molar-refractivity contribution is 0.667. The summed E-state index contributed by atoms with van der Waals surface area (Å²) in [5.41, 5.74) is 4.49. The second-order valence-electron chi connectivity index (χ2n) is 6.40. The van der Waals surface area contributed by atoms with Gasteiger partial charge in [0, 0.05) is 0 Å². The minimum atomic E-state index is 0.701. The third kappa shape index (κ3) is 3.84. The monoisotopic (exact) mass is 313 g/mol. The van der Waals surface area contributed by atoms with Gasteiger partial charge in [0.05, 0.1) is 11.6 Å². The van der Waals surface area contributed by atoms with Gasteiger partial charge in [0.1, 0.15) is 0 Å². The van der Waals surface area contributed by atoms with Gasteiger partial charge < -0.3 is 0 Å². The van der Waals surface area contributed by atoms with Crippen molar-refractivity contribution in [1.29, 1.82) is 5.26 Å². The molecule has 0 bridgehead atoms. The first-order valence-corrected chi connectivity index (χ1v) is 8.83. The Morgan fingerprint density at radius 2 is 1.46 bits per heavy atom. The summed E-state index contributed by atoms with van der Waals surface area (Å²) >= 11 is 0. The summed E-state index contributed by atoms with van der Waals surface area (Å²) in [5.74, 6) is 0. The van der Waals surface area contributed by atoms with Gasteiger partial charge in [-0.15, -0.1) is 0 Å². The van der Waals surface area contributed by atoms with Gasteiger partial charge in [0.15, 0.2) is 0 Å². The molecule has 0 unspecified atom stereocenters. The zero-order chi connectivity index (χ0) is 16.8. The quantitative estimate of drug-likeness (QED) is 0.476. The van der Waals surface area contributed by atoms with E-state index in [4.69, 9.17) is 5.26 Å². The van der Waals surface area contributed by atoms with Crippen LogP contribution in [0.3, 0.4) is 0 Å². The van der Waals surface area contributed by atoms with Crippen molar-refractivity contribution in [3.8, 4) is 17.2 Å². The first-order valence-electron chi connectivity index (χ1n) is 8.83. The van der Waals surface area contributed by atoms with Crippen LogP contribution in [0.2, 0.25) is 0 Å². The molecular weight excluding hydrogens is 290 g/mol. The second-order valence-corrected chi connectivity index (χ2v) is 6.40. The van der Waals surface area contributed by atoms with Gasteiger partial charge in [-0.25, -0.2) is 0 Å². The van der Waals surface area contributed by atoms with Crippen molar-refractivity contribution >= 4 is 10.8 Å². The predicted octanol–water partition coefficient (Wildman–Crippen LogP) is 6.50. The molecule has 0 fully saturated rings. The van der Waals surface area contributed by atoms with Gasteiger partial charge in [0.2, 0.25) is 0 Å². The number of rotatable bonds is 6. The van der Waals surface area contributed by atoms with E-state index in [2.05, 4.69) is 49.4 Å². The van der Waals surface area contributed by atoms with Crippen molar-refractivity contribution in [2.75, 3.05) is 0 Å². The lowest BCUT2D eigenvalue weighted by atomic mass is 9.98. The van der Waals surface area contributed by atoms with E-state index in [0.717, 1.165) is 5.56 Å². The molecule has 120 valence electrons. The minimum Gasteiger partial charge on any atom is -0.192 e. The van der Waals surface area contributed by atoms with E-state index in [-0.39, 0.29) is 0 Å². The highest BCUT2D eigenvalue weighted by molar-refractivity contribution is 5.87. The van der Waals surface area contributed by atoms with Crippen LogP contribution in [0.25, 0.3) is 21.9 Å². The molecule has 3 rings (SSSR count). The van der Waals surface area contributed by atoms with Gasteiger partial charge in [-0.3, -0.25) is 0 Å². The van der Waals surface area contributed by atoms with E-state index in [1.165, 1.54) is 54.0 Å². The smallest absolute Gasteiger partial charge is 0.0991 e. The van der Waals surface area contributed by atoms with Gasteiger partial charge in [0.25, 0.3) is 0 Å². The van der Waals surface area contributed by atoms with Crippen molar-refractivity contribution in [3.05, 3.63) is 71.8 Å². The second kappa shape index (κ2) is 7.79. The van der Waals surface area contributed by atoms with Crippen LogP contribution in [-0.4, -0.2) is 0 Å². The maximum absolute atomic E-state index is 8.91. The highest BCUT2D eigenvalue weighted by atomic mass is 14.2. The van der Waals surface area contributed by atoms with Gasteiger partial charge in [-0.1, -0.05) is 68.7 Å². The predicted molar refractivity (Wildman–Crippen MR) is 102 cm³/mol. The molecule has 1 heteroatoms. The fourth-order valence-electron chi connectivity index (χ4n) is 3.12. The van der Waals surface area contributed by atoms with Crippen LogP contribution in [0.15, 0.2) is 60.7 Å². The standard InChI is InChI=1S/C23H23N/c1-2-3-4-5-6-18-7-12-23-16-22(14-13-21(23)15-18)20-10-8-19(17-24)9-11-20/h7-16H,2-6H2,1H3. The molecule has 3 aromatic rings. The van der Waals surface area contributed by atoms with Crippen LogP contribution >= 0.6 is 0 Å². The Hall–Kier alpha value is -2.59. The van der Waals surface area contributed by atoms with Crippen molar-refractivity contribution in [2.45, 2.75) is 39.0 Å². The zero-order valence-corrected chi connectivity index (χ0v) is 14.3. The molecule has 0 aliphatic heterocycles. The number of nitriles is 1. The fraction of sp³-hybridized carbons (Fsp3) is 0.261. The molecule has 0 atom stereocenters. The summed E-state index contributed by atoms with van der Waals surface area (Å²) in [6.45, 7) is 2.25. The molecule has 0 amide bonds. The highest BCUT2D eigenvalue weighted by Gasteiger charge is 2.02. The first-order chi connectivity index (χ1) is 11.8. The van der Waals surface area contributed by atoms with Crippen LogP contribution in [0.1, 0.15) is 43.7 Å². The lowest BCUT2D eigenvalue weighted by Gasteiger charge is -2.07. The molecular formula is C23H23N. The Morgan fingerprint density at radius 1 is 0.750 bits per heavy atom. The van der Waals surface area contributed by atoms with Crippen LogP contribution in [0, 0.1) is 11.3 Å². The summed E-state index contributed by atoms with van der Waals surface area (Å²) in [5, 5.41) is 11.5. The Morgan fingerprint density at radius 3 is 2.21 bits per heavy atom. The third-order valence-corrected chi connectivity index (χ3v) is 4.57. The minimum absolute atomic E-state index is 0.701. The van der Waals surface area contributed by atoms with Crippen molar-refractivity contribution in [2.24, 2.45) is 0 Å². The Balaban J connectivity index is 1.80. The van der Waals surface area contributed by atoms with Crippen molar-refractivity contribution < 1.29 is 0 Å². The maximum Gasteiger partial charge on any atom is 0.0991 e. The average Bonchev–Trinajstić information content (AvgIpc) is 2.65. The molecule has 0 radical (unpaired) electrons. The Bertz CT molecular complexity index is 853. The van der Waals surface area contributed by atoms with Crippen LogP contribution in [0.5, 0.6) is 0 Å². The molecule has 0 aliphatic carbocycles. The molecule has 0 spiro atoms. The largest absolute Gasteiger partial charge is 0.192 e. The molecule has 0 heterocycles. The number of hydrogen-bond donors (Lipinski definition) is 0. The Labute approximate surface area is 144 Å². The van der Waals surface area contributed by atoms with E-state index in [0.29, 0.717) is 5.56 Å². The first kappa shape index (κ1) is 16.3. The van der Waals surface area contributed by atoms with Crippen LogP contribution in [0.4, 0.5) is 0 Å². The fourth-order valence-corrected chi connectivity index (χ4v) is 3.12. The van der Waals surface area contributed by atoms with Gasteiger partial charge in [-0.05, 0) is 58.5 Å². The molecule has 0 saturated heterocycles. The van der Waals surface area contributed by atoms with E-state index in [9.17, 15) is 0 Å². The van der Waals surface area contributed by atoms with Gasteiger partial charge in [-0.2, -0.15) is 5.26 Å². The summed E-state index contributed by atoms with van der Waals surface area (Å²) in [6.07, 6.45) is 6.40. The topological polar surface area (TPSA) is 23.8 Å². The van der Waals surface area contributed by atoms with E-state index >= 15 is 0 Å². The normalized spacial score (nSPS) is 10.7. The molecule has 0 N–H and O–H groups in total. The van der Waals surface area contributed by atoms with E-state index in [1.54, 1.807) is 0 Å². The zero-order valence-electron chi connectivity index (χ0n) is 14.3. The number of aryl methyl sites for hydroxylation is 1. The summed E-state index contributed by atoms with van der Waals surface area (Å²) in [7, 11) is 0.